The molecule has 1 aliphatic rings. The standard InChI is InChI=1S/C27H25ClN6O3S/c1-2-29-27(35)37-20-11-17(31-14-20)6-8-21-13-22-25(32-16-33-26(22)38-21)34-18-7-9-24(23(28)12-18)36-15-19-5-3-4-10-30-19/h3-5,7,9-10,12-13,16-17,20,31H,2,11,14-15H2,1H3,(H,29,35)(H,32,33,34)/t17-,20+/m0/s1. The van der Waals surface area contributed by atoms with Gasteiger partial charge in [-0.15, -0.1) is 11.3 Å². The molecule has 1 fully saturated rings. The quantitative estimate of drug-likeness (QED) is 0.280. The molecule has 1 aromatic carbocycles. The lowest BCUT2D eigenvalue weighted by atomic mass is 10.2. The molecule has 5 rings (SSSR count). The van der Waals surface area contributed by atoms with Crippen molar-refractivity contribution in [2.75, 3.05) is 18.4 Å². The number of halogens is 1. The van der Waals surface area contributed by atoms with E-state index in [2.05, 4.69) is 42.7 Å². The second kappa shape index (κ2) is 12.1. The predicted molar refractivity (Wildman–Crippen MR) is 148 cm³/mol. The van der Waals surface area contributed by atoms with Crippen LogP contribution < -0.4 is 20.7 Å². The van der Waals surface area contributed by atoms with Crippen molar-refractivity contribution in [2.45, 2.75) is 32.1 Å². The third-order valence-electron chi connectivity index (χ3n) is 5.68. The minimum atomic E-state index is -0.399. The Bertz CT molecular complexity index is 1490. The molecule has 194 valence electrons. The molecule has 0 aliphatic carbocycles. The zero-order valence-electron chi connectivity index (χ0n) is 20.5. The zero-order chi connectivity index (χ0) is 26.3. The molecule has 4 heterocycles. The van der Waals surface area contributed by atoms with Crippen molar-refractivity contribution in [3.05, 3.63) is 70.6 Å². The third-order valence-corrected chi connectivity index (χ3v) is 6.93. The number of rotatable bonds is 7. The first-order valence-electron chi connectivity index (χ1n) is 12.1. The highest BCUT2D eigenvalue weighted by Gasteiger charge is 2.25. The van der Waals surface area contributed by atoms with Gasteiger partial charge in [0.1, 0.15) is 35.4 Å². The summed E-state index contributed by atoms with van der Waals surface area (Å²) in [6, 6.07) is 13.1. The number of hydrogen-bond acceptors (Lipinski definition) is 9. The number of hydrogen-bond donors (Lipinski definition) is 3. The summed E-state index contributed by atoms with van der Waals surface area (Å²) in [5.41, 5.74) is 1.59. The Morgan fingerprint density at radius 1 is 1.24 bits per heavy atom. The number of thiophene rings is 1. The molecule has 0 spiro atoms. The zero-order valence-corrected chi connectivity index (χ0v) is 22.1. The number of pyridine rings is 1. The second-order valence-electron chi connectivity index (χ2n) is 8.46. The highest BCUT2D eigenvalue weighted by Crippen LogP contribution is 2.33. The molecule has 9 nitrogen and oxygen atoms in total. The van der Waals surface area contributed by atoms with Crippen LogP contribution in [0.15, 0.2) is 55.0 Å². The lowest BCUT2D eigenvalue weighted by molar-refractivity contribution is 0.107. The topological polar surface area (TPSA) is 110 Å². The minimum absolute atomic E-state index is 0.0520. The van der Waals surface area contributed by atoms with E-state index in [-0.39, 0.29) is 12.1 Å². The average Bonchev–Trinajstić information content (AvgIpc) is 3.55. The summed E-state index contributed by atoms with van der Waals surface area (Å²) in [4.78, 5) is 26.4. The molecular formula is C27H25ClN6O3S. The summed E-state index contributed by atoms with van der Waals surface area (Å²) in [6.45, 7) is 3.30. The fourth-order valence-corrected chi connectivity index (χ4v) is 4.98. The molecule has 3 N–H and O–H groups in total. The lowest BCUT2D eigenvalue weighted by Gasteiger charge is -2.11. The van der Waals surface area contributed by atoms with Crippen LogP contribution in [0, 0.1) is 11.8 Å². The third kappa shape index (κ3) is 6.50. The molecule has 0 unspecified atom stereocenters. The first-order valence-corrected chi connectivity index (χ1v) is 13.3. The van der Waals surface area contributed by atoms with Crippen LogP contribution in [0.5, 0.6) is 5.75 Å². The van der Waals surface area contributed by atoms with E-state index in [0.717, 1.165) is 26.5 Å². The van der Waals surface area contributed by atoms with E-state index < -0.39 is 6.09 Å². The highest BCUT2D eigenvalue weighted by molar-refractivity contribution is 7.19. The van der Waals surface area contributed by atoms with E-state index in [1.165, 1.54) is 17.7 Å². The van der Waals surface area contributed by atoms with E-state index >= 15 is 0 Å². The molecule has 1 aliphatic heterocycles. The summed E-state index contributed by atoms with van der Waals surface area (Å²) >= 11 is 7.96. The maximum Gasteiger partial charge on any atom is 0.407 e. The van der Waals surface area contributed by atoms with Crippen molar-refractivity contribution in [3.63, 3.8) is 0 Å². The fraction of sp³-hybridized carbons (Fsp3) is 0.259. The second-order valence-corrected chi connectivity index (χ2v) is 9.89. The van der Waals surface area contributed by atoms with Crippen LogP contribution in [-0.4, -0.2) is 46.3 Å². The number of carbonyl (C=O) groups excluding carboxylic acids is 1. The number of amides is 1. The Morgan fingerprint density at radius 3 is 2.97 bits per heavy atom. The van der Waals surface area contributed by atoms with Gasteiger partial charge >= 0.3 is 6.09 Å². The van der Waals surface area contributed by atoms with E-state index in [9.17, 15) is 4.79 Å². The molecule has 0 radical (unpaired) electrons. The van der Waals surface area contributed by atoms with E-state index in [1.54, 1.807) is 12.3 Å². The number of nitrogens with one attached hydrogen (secondary N) is 3. The Balaban J connectivity index is 1.24. The van der Waals surface area contributed by atoms with Crippen LogP contribution in [0.2, 0.25) is 5.02 Å². The highest BCUT2D eigenvalue weighted by atomic mass is 35.5. The maximum atomic E-state index is 11.6. The number of nitrogens with zero attached hydrogens (tertiary/aromatic N) is 3. The van der Waals surface area contributed by atoms with Gasteiger partial charge in [0, 0.05) is 31.4 Å². The van der Waals surface area contributed by atoms with Gasteiger partial charge in [-0.05, 0) is 43.3 Å². The van der Waals surface area contributed by atoms with Crippen LogP contribution in [0.4, 0.5) is 16.3 Å². The van der Waals surface area contributed by atoms with Crippen molar-refractivity contribution in [3.8, 4) is 17.6 Å². The lowest BCUT2D eigenvalue weighted by Crippen LogP contribution is -2.29. The van der Waals surface area contributed by atoms with Crippen molar-refractivity contribution >= 4 is 50.8 Å². The molecule has 0 bridgehead atoms. The first-order chi connectivity index (χ1) is 18.6. The van der Waals surface area contributed by atoms with Crippen molar-refractivity contribution in [1.82, 2.24) is 25.6 Å². The molecule has 1 amide bonds. The van der Waals surface area contributed by atoms with Crippen LogP contribution in [0.1, 0.15) is 23.9 Å². The van der Waals surface area contributed by atoms with Gasteiger partial charge in [0.05, 0.1) is 27.0 Å². The molecule has 11 heteroatoms. The van der Waals surface area contributed by atoms with Crippen LogP contribution >= 0.6 is 22.9 Å². The fourth-order valence-electron chi connectivity index (χ4n) is 3.88. The summed E-state index contributed by atoms with van der Waals surface area (Å²) < 4.78 is 11.2. The number of alkyl carbamates (subject to hydrolysis) is 1. The minimum Gasteiger partial charge on any atom is -0.486 e. The molecule has 4 aromatic rings. The molecule has 38 heavy (non-hydrogen) atoms. The van der Waals surface area contributed by atoms with E-state index in [4.69, 9.17) is 21.1 Å². The molecule has 1 saturated heterocycles. The molecule has 2 atom stereocenters. The SMILES string of the molecule is CCNC(=O)O[C@H]1CN[C@@H](C#Cc2cc3c(Nc4ccc(OCc5ccccn5)c(Cl)c4)ncnc3s2)C1. The summed E-state index contributed by atoms with van der Waals surface area (Å²) in [5.74, 6) is 7.69. The number of ether oxygens (including phenoxy) is 2. The average molecular weight is 549 g/mol. The normalized spacial score (nSPS) is 16.5. The summed E-state index contributed by atoms with van der Waals surface area (Å²) in [7, 11) is 0. The van der Waals surface area contributed by atoms with Gasteiger partial charge in [0.25, 0.3) is 0 Å². The van der Waals surface area contributed by atoms with Gasteiger partial charge in [-0.1, -0.05) is 29.5 Å². The first kappa shape index (κ1) is 25.7. The number of aromatic nitrogens is 3. The van der Waals surface area contributed by atoms with Crippen molar-refractivity contribution in [2.24, 2.45) is 0 Å². The van der Waals surface area contributed by atoms with Gasteiger partial charge in [-0.3, -0.25) is 10.3 Å². The van der Waals surface area contributed by atoms with E-state index in [1.807, 2.05) is 43.3 Å². The summed E-state index contributed by atoms with van der Waals surface area (Å²) in [6.07, 6.45) is 3.30. The number of fused-ring (bicyclic) bond motifs is 1. The van der Waals surface area contributed by atoms with Gasteiger partial charge < -0.3 is 20.1 Å². The smallest absolute Gasteiger partial charge is 0.407 e. The summed E-state index contributed by atoms with van der Waals surface area (Å²) in [5, 5.41) is 10.6. The van der Waals surface area contributed by atoms with Crippen molar-refractivity contribution in [1.29, 1.82) is 0 Å². The Kier molecular flexibility index (Phi) is 8.19. The van der Waals surface area contributed by atoms with Gasteiger partial charge in [0.15, 0.2) is 0 Å². The number of anilines is 2. The van der Waals surface area contributed by atoms with Crippen molar-refractivity contribution < 1.29 is 14.3 Å². The Morgan fingerprint density at radius 2 is 2.16 bits per heavy atom. The molecule has 3 aromatic heterocycles. The number of benzene rings is 1. The van der Waals surface area contributed by atoms with Crippen LogP contribution in [0.25, 0.3) is 10.2 Å². The monoisotopic (exact) mass is 548 g/mol. The predicted octanol–water partition coefficient (Wildman–Crippen LogP) is 4.89. The maximum absolute atomic E-state index is 11.6. The van der Waals surface area contributed by atoms with Crippen LogP contribution in [-0.2, 0) is 11.3 Å². The number of carbonyl (C=O) groups is 1. The van der Waals surface area contributed by atoms with Gasteiger partial charge in [-0.2, -0.15) is 0 Å². The van der Waals surface area contributed by atoms with Crippen LogP contribution in [0.3, 0.4) is 0 Å². The van der Waals surface area contributed by atoms with Gasteiger partial charge in [0.2, 0.25) is 0 Å². The van der Waals surface area contributed by atoms with E-state index in [0.29, 0.717) is 42.7 Å². The van der Waals surface area contributed by atoms with Gasteiger partial charge in [-0.25, -0.2) is 14.8 Å². The molecule has 0 saturated carbocycles. The Labute approximate surface area is 229 Å². The largest absolute Gasteiger partial charge is 0.486 e. The molecular weight excluding hydrogens is 524 g/mol. The Hall–Kier alpha value is -3.91.